The Bertz CT molecular complexity index is 800. The van der Waals surface area contributed by atoms with E-state index in [2.05, 4.69) is 31.2 Å². The zero-order valence-electron chi connectivity index (χ0n) is 10.2. The fourth-order valence-corrected chi connectivity index (χ4v) is 2.49. The first-order valence-corrected chi connectivity index (χ1v) is 7.01. The molecule has 0 radical (unpaired) electrons. The van der Waals surface area contributed by atoms with Gasteiger partial charge in [-0.1, -0.05) is 11.6 Å². The molecule has 4 nitrogen and oxygen atoms in total. The molecule has 1 aromatic carbocycles. The number of anilines is 1. The van der Waals surface area contributed by atoms with Crippen molar-refractivity contribution in [1.29, 1.82) is 0 Å². The zero-order chi connectivity index (χ0) is 14.1. The topological polar surface area (TPSA) is 57.8 Å². The Balaban J connectivity index is 1.99. The van der Waals surface area contributed by atoms with Crippen LogP contribution in [0, 0.1) is 0 Å². The van der Waals surface area contributed by atoms with Crippen molar-refractivity contribution in [3.63, 3.8) is 0 Å². The summed E-state index contributed by atoms with van der Waals surface area (Å²) in [6.07, 6.45) is 3.37. The molecule has 3 rings (SSSR count). The molecule has 3 aromatic rings. The van der Waals surface area contributed by atoms with E-state index in [4.69, 9.17) is 11.6 Å². The van der Waals surface area contributed by atoms with Crippen LogP contribution in [-0.2, 0) is 0 Å². The van der Waals surface area contributed by atoms with Gasteiger partial charge in [-0.15, -0.1) is 0 Å². The average molecular weight is 351 g/mol. The number of carbonyl (C=O) groups is 1. The van der Waals surface area contributed by atoms with Crippen LogP contribution in [0.5, 0.6) is 0 Å². The smallest absolute Gasteiger partial charge is 0.272 e. The predicted molar refractivity (Wildman–Crippen MR) is 83.2 cm³/mol. The highest BCUT2D eigenvalue weighted by Gasteiger charge is 2.11. The van der Waals surface area contributed by atoms with Crippen LogP contribution in [-0.4, -0.2) is 15.9 Å². The van der Waals surface area contributed by atoms with Crippen molar-refractivity contribution in [3.05, 3.63) is 57.9 Å². The van der Waals surface area contributed by atoms with Crippen molar-refractivity contribution in [2.75, 3.05) is 5.32 Å². The average Bonchev–Trinajstić information content (AvgIpc) is 2.89. The predicted octanol–water partition coefficient (Wildman–Crippen LogP) is 4.23. The molecule has 1 amide bonds. The largest absolute Gasteiger partial charge is 0.356 e. The normalized spacial score (nSPS) is 10.7. The van der Waals surface area contributed by atoms with Crippen LogP contribution in [0.25, 0.3) is 10.9 Å². The fourth-order valence-electron chi connectivity index (χ4n) is 1.94. The molecule has 2 heterocycles. The number of aromatic nitrogens is 2. The Labute approximate surface area is 128 Å². The molecule has 0 saturated carbocycles. The number of pyridine rings is 1. The van der Waals surface area contributed by atoms with Crippen LogP contribution >= 0.6 is 27.5 Å². The molecule has 0 atom stereocenters. The minimum absolute atomic E-state index is 0.219. The summed E-state index contributed by atoms with van der Waals surface area (Å²) in [5.74, 6) is -0.219. The highest BCUT2D eigenvalue weighted by atomic mass is 79.9. The minimum atomic E-state index is -0.219. The van der Waals surface area contributed by atoms with E-state index in [1.54, 1.807) is 36.7 Å². The number of H-pyrrole nitrogens is 1. The standard InChI is InChI=1S/C14H9BrClN3O/c15-8-6-12(18-7-8)14(20)19-11-4-3-10(16)13-9(11)2-1-5-17-13/h1-7,18H,(H,19,20). The van der Waals surface area contributed by atoms with Crippen LogP contribution < -0.4 is 5.32 Å². The molecule has 0 aliphatic carbocycles. The second-order valence-corrected chi connectivity index (χ2v) is 5.50. The fraction of sp³-hybridized carbons (Fsp3) is 0. The second kappa shape index (κ2) is 5.26. The van der Waals surface area contributed by atoms with Gasteiger partial charge in [0.05, 0.1) is 16.2 Å². The van der Waals surface area contributed by atoms with Gasteiger partial charge in [0.2, 0.25) is 0 Å². The van der Waals surface area contributed by atoms with Crippen molar-refractivity contribution < 1.29 is 4.79 Å². The number of amides is 1. The Hall–Kier alpha value is -1.85. The first-order chi connectivity index (χ1) is 9.65. The van der Waals surface area contributed by atoms with E-state index in [9.17, 15) is 4.79 Å². The van der Waals surface area contributed by atoms with Crippen LogP contribution in [0.2, 0.25) is 5.02 Å². The molecule has 2 N–H and O–H groups in total. The number of carbonyl (C=O) groups excluding carboxylic acids is 1. The third-order valence-corrected chi connectivity index (χ3v) is 3.62. The van der Waals surface area contributed by atoms with E-state index in [-0.39, 0.29) is 5.91 Å². The maximum Gasteiger partial charge on any atom is 0.272 e. The molecule has 0 bridgehead atoms. The van der Waals surface area contributed by atoms with Crippen molar-refractivity contribution >= 4 is 50.0 Å². The van der Waals surface area contributed by atoms with Gasteiger partial charge in [0.15, 0.2) is 0 Å². The summed E-state index contributed by atoms with van der Waals surface area (Å²) >= 11 is 9.39. The lowest BCUT2D eigenvalue weighted by Crippen LogP contribution is -2.12. The van der Waals surface area contributed by atoms with Crippen molar-refractivity contribution in [3.8, 4) is 0 Å². The van der Waals surface area contributed by atoms with E-state index in [0.717, 1.165) is 9.86 Å². The van der Waals surface area contributed by atoms with Gasteiger partial charge < -0.3 is 10.3 Å². The van der Waals surface area contributed by atoms with E-state index < -0.39 is 0 Å². The number of nitrogens with zero attached hydrogens (tertiary/aromatic N) is 1. The molecule has 0 spiro atoms. The maximum atomic E-state index is 12.1. The Kier molecular flexibility index (Phi) is 3.46. The Morgan fingerprint density at radius 2 is 2.20 bits per heavy atom. The monoisotopic (exact) mass is 349 g/mol. The van der Waals surface area contributed by atoms with Gasteiger partial charge in [-0.25, -0.2) is 0 Å². The Morgan fingerprint density at radius 1 is 1.35 bits per heavy atom. The third kappa shape index (κ3) is 2.42. The van der Waals surface area contributed by atoms with Crippen LogP contribution in [0.15, 0.2) is 47.2 Å². The van der Waals surface area contributed by atoms with E-state index in [0.29, 0.717) is 21.9 Å². The Morgan fingerprint density at radius 3 is 2.95 bits per heavy atom. The third-order valence-electron chi connectivity index (χ3n) is 2.86. The molecular formula is C14H9BrClN3O. The molecule has 0 saturated heterocycles. The number of hydrogen-bond donors (Lipinski definition) is 2. The molecule has 100 valence electrons. The molecule has 0 fully saturated rings. The van der Waals surface area contributed by atoms with Gasteiger partial charge in [-0.2, -0.15) is 0 Å². The summed E-state index contributed by atoms with van der Waals surface area (Å²) < 4.78 is 0.824. The number of benzene rings is 1. The number of hydrogen-bond acceptors (Lipinski definition) is 2. The highest BCUT2D eigenvalue weighted by molar-refractivity contribution is 9.10. The lowest BCUT2D eigenvalue weighted by molar-refractivity contribution is 0.102. The summed E-state index contributed by atoms with van der Waals surface area (Å²) in [7, 11) is 0. The highest BCUT2D eigenvalue weighted by Crippen LogP contribution is 2.28. The van der Waals surface area contributed by atoms with Gasteiger partial charge in [-0.05, 0) is 46.3 Å². The van der Waals surface area contributed by atoms with Crippen LogP contribution in [0.4, 0.5) is 5.69 Å². The van der Waals surface area contributed by atoms with Gasteiger partial charge in [0.1, 0.15) is 5.69 Å². The lowest BCUT2D eigenvalue weighted by Gasteiger charge is -2.08. The second-order valence-electron chi connectivity index (χ2n) is 4.18. The van der Waals surface area contributed by atoms with Gasteiger partial charge in [0.25, 0.3) is 5.91 Å². The SMILES string of the molecule is O=C(Nc1ccc(Cl)c2ncccc12)c1cc(Br)c[nH]1. The van der Waals surface area contributed by atoms with E-state index >= 15 is 0 Å². The quantitative estimate of drug-likeness (QED) is 0.726. The number of halogens is 2. The zero-order valence-corrected chi connectivity index (χ0v) is 12.5. The van der Waals surface area contributed by atoms with Gasteiger partial charge >= 0.3 is 0 Å². The molecule has 0 aliphatic rings. The number of rotatable bonds is 2. The van der Waals surface area contributed by atoms with Crippen LogP contribution in [0.3, 0.4) is 0 Å². The van der Waals surface area contributed by atoms with E-state index in [1.807, 2.05) is 6.07 Å². The molecule has 20 heavy (non-hydrogen) atoms. The van der Waals surface area contributed by atoms with Gasteiger partial charge in [-0.3, -0.25) is 9.78 Å². The van der Waals surface area contributed by atoms with Crippen LogP contribution in [0.1, 0.15) is 10.5 Å². The summed E-state index contributed by atoms with van der Waals surface area (Å²) in [6.45, 7) is 0. The molecular weight excluding hydrogens is 342 g/mol. The van der Waals surface area contributed by atoms with Crippen molar-refractivity contribution in [2.24, 2.45) is 0 Å². The summed E-state index contributed by atoms with van der Waals surface area (Å²) in [5.41, 5.74) is 1.82. The molecule has 2 aromatic heterocycles. The first kappa shape index (κ1) is 13.1. The molecule has 0 aliphatic heterocycles. The summed E-state index contributed by atoms with van der Waals surface area (Å²) in [4.78, 5) is 19.3. The van der Waals surface area contributed by atoms with Crippen molar-refractivity contribution in [1.82, 2.24) is 9.97 Å². The molecule has 0 unspecified atom stereocenters. The van der Waals surface area contributed by atoms with Gasteiger partial charge in [0, 0.05) is 22.3 Å². The maximum absolute atomic E-state index is 12.1. The minimum Gasteiger partial charge on any atom is -0.356 e. The van der Waals surface area contributed by atoms with Crippen molar-refractivity contribution in [2.45, 2.75) is 0 Å². The summed E-state index contributed by atoms with van der Waals surface area (Å²) in [6, 6.07) is 8.87. The first-order valence-electron chi connectivity index (χ1n) is 5.83. The van der Waals surface area contributed by atoms with E-state index in [1.165, 1.54) is 0 Å². The number of fused-ring (bicyclic) bond motifs is 1. The number of aromatic amines is 1. The summed E-state index contributed by atoms with van der Waals surface area (Å²) in [5, 5.41) is 4.21. The molecule has 6 heteroatoms. The number of nitrogens with one attached hydrogen (secondary N) is 2. The lowest BCUT2D eigenvalue weighted by atomic mass is 10.2.